The molecule has 0 radical (unpaired) electrons. The molecule has 0 amide bonds. The van der Waals surface area contributed by atoms with E-state index in [0.29, 0.717) is 12.4 Å². The highest BCUT2D eigenvalue weighted by atomic mass is 79.9. The predicted molar refractivity (Wildman–Crippen MR) is 88.2 cm³/mol. The van der Waals surface area contributed by atoms with Crippen LogP contribution in [0.15, 0.2) is 34.8 Å². The summed E-state index contributed by atoms with van der Waals surface area (Å²) >= 11 is 3.42. The summed E-state index contributed by atoms with van der Waals surface area (Å²) in [6.07, 6.45) is 0. The highest BCUT2D eigenvalue weighted by Crippen LogP contribution is 2.45. The van der Waals surface area contributed by atoms with E-state index in [4.69, 9.17) is 14.2 Å². The fourth-order valence-electron chi connectivity index (χ4n) is 2.92. The van der Waals surface area contributed by atoms with Crippen LogP contribution in [0.2, 0.25) is 0 Å². The largest absolute Gasteiger partial charge is 0.493 e. The third kappa shape index (κ3) is 3.42. The van der Waals surface area contributed by atoms with Gasteiger partial charge in [-0.05, 0) is 25.1 Å². The van der Waals surface area contributed by atoms with Crippen molar-refractivity contribution >= 4 is 27.9 Å². The van der Waals surface area contributed by atoms with E-state index in [-0.39, 0.29) is 5.92 Å². The fraction of sp³-hybridized carbons (Fsp3) is 0.412. The average Bonchev–Trinajstić information content (AvgIpc) is 2.54. The van der Waals surface area contributed by atoms with Crippen LogP contribution in [0.1, 0.15) is 18.4 Å². The molecular formula is C17H19BrO5. The Bertz CT molecular complexity index is 624. The molecule has 0 aliphatic carbocycles. The number of esters is 2. The van der Waals surface area contributed by atoms with E-state index in [2.05, 4.69) is 22.5 Å². The molecule has 0 N–H and O–H groups in total. The van der Waals surface area contributed by atoms with E-state index in [9.17, 15) is 9.59 Å². The molecule has 2 rings (SSSR count). The Morgan fingerprint density at radius 3 is 2.43 bits per heavy atom. The lowest BCUT2D eigenvalue weighted by atomic mass is 9.73. The van der Waals surface area contributed by atoms with Crippen LogP contribution >= 0.6 is 15.9 Å². The molecule has 0 spiro atoms. The quantitative estimate of drug-likeness (QED) is 0.454. The lowest BCUT2D eigenvalue weighted by Gasteiger charge is -2.36. The second kappa shape index (κ2) is 7.17. The maximum Gasteiger partial charge on any atom is 0.320 e. The van der Waals surface area contributed by atoms with Crippen LogP contribution in [0, 0.1) is 11.8 Å². The Balaban J connectivity index is 2.61. The van der Waals surface area contributed by atoms with Gasteiger partial charge in [-0.25, -0.2) is 0 Å². The van der Waals surface area contributed by atoms with Crippen molar-refractivity contribution in [2.45, 2.75) is 12.8 Å². The van der Waals surface area contributed by atoms with Gasteiger partial charge in [0.05, 0.1) is 20.8 Å². The summed E-state index contributed by atoms with van der Waals surface area (Å²) in [5.74, 6) is -2.31. The highest BCUT2D eigenvalue weighted by molar-refractivity contribution is 9.10. The standard InChI is InChI=1S/C17H19BrO5/c1-9(2)12-8-23-13-6-5-10(18)7-11(13)14(12)15(16(19)21-3)17(20)22-4/h5-7,12,14-15H,1,8H2,2-4H3/t12-,14+/m0/s1. The number of hydrogen-bond donors (Lipinski definition) is 0. The Labute approximate surface area is 143 Å². The number of benzene rings is 1. The minimum absolute atomic E-state index is 0.194. The van der Waals surface area contributed by atoms with Crippen LogP contribution in [-0.4, -0.2) is 32.8 Å². The minimum Gasteiger partial charge on any atom is -0.493 e. The van der Waals surface area contributed by atoms with Gasteiger partial charge in [0.1, 0.15) is 5.75 Å². The van der Waals surface area contributed by atoms with E-state index in [1.165, 1.54) is 14.2 Å². The van der Waals surface area contributed by atoms with E-state index >= 15 is 0 Å². The normalized spacial score (nSPS) is 19.5. The molecule has 23 heavy (non-hydrogen) atoms. The zero-order chi connectivity index (χ0) is 17.1. The van der Waals surface area contributed by atoms with E-state index in [0.717, 1.165) is 15.6 Å². The van der Waals surface area contributed by atoms with Crippen molar-refractivity contribution < 1.29 is 23.8 Å². The monoisotopic (exact) mass is 382 g/mol. The average molecular weight is 383 g/mol. The zero-order valence-electron chi connectivity index (χ0n) is 13.3. The Hall–Kier alpha value is -1.82. The van der Waals surface area contributed by atoms with Crippen molar-refractivity contribution in [3.8, 4) is 5.75 Å². The summed E-state index contributed by atoms with van der Waals surface area (Å²) in [4.78, 5) is 24.5. The van der Waals surface area contributed by atoms with Crippen molar-refractivity contribution in [1.29, 1.82) is 0 Å². The highest BCUT2D eigenvalue weighted by Gasteiger charge is 2.45. The summed E-state index contributed by atoms with van der Waals surface area (Å²) < 4.78 is 16.3. The fourth-order valence-corrected chi connectivity index (χ4v) is 3.29. The number of halogens is 1. The van der Waals surface area contributed by atoms with Gasteiger partial charge in [-0.2, -0.15) is 0 Å². The first kappa shape index (κ1) is 17.5. The molecule has 0 fully saturated rings. The third-order valence-corrected chi connectivity index (χ3v) is 4.58. The molecule has 0 bridgehead atoms. The number of methoxy groups -OCH3 is 2. The Kier molecular flexibility index (Phi) is 5.46. The lowest BCUT2D eigenvalue weighted by molar-refractivity contribution is -0.160. The van der Waals surface area contributed by atoms with Crippen LogP contribution in [-0.2, 0) is 19.1 Å². The van der Waals surface area contributed by atoms with Gasteiger partial charge in [0.2, 0.25) is 0 Å². The molecule has 124 valence electrons. The molecule has 1 aliphatic rings. The first-order valence-corrected chi connectivity index (χ1v) is 7.93. The Morgan fingerprint density at radius 2 is 1.91 bits per heavy atom. The summed E-state index contributed by atoms with van der Waals surface area (Å²) in [5, 5.41) is 0. The summed E-state index contributed by atoms with van der Waals surface area (Å²) in [5.41, 5.74) is 1.60. The molecule has 1 aromatic carbocycles. The van der Waals surface area contributed by atoms with E-state index in [1.807, 2.05) is 25.1 Å². The summed E-state index contributed by atoms with van der Waals surface area (Å²) in [6.45, 7) is 6.18. The number of ether oxygens (including phenoxy) is 3. The summed E-state index contributed by atoms with van der Waals surface area (Å²) in [6, 6.07) is 5.52. The van der Waals surface area contributed by atoms with Crippen molar-refractivity contribution in [3.63, 3.8) is 0 Å². The molecule has 0 saturated heterocycles. The van der Waals surface area contributed by atoms with Crippen LogP contribution in [0.4, 0.5) is 0 Å². The molecule has 0 saturated carbocycles. The number of rotatable bonds is 4. The van der Waals surface area contributed by atoms with Gasteiger partial charge in [0.25, 0.3) is 0 Å². The molecule has 1 aliphatic heterocycles. The molecule has 6 heteroatoms. The van der Waals surface area contributed by atoms with Crippen molar-refractivity contribution in [2.24, 2.45) is 11.8 Å². The van der Waals surface area contributed by atoms with Gasteiger partial charge < -0.3 is 14.2 Å². The molecule has 2 atom stereocenters. The molecule has 0 aromatic heterocycles. The van der Waals surface area contributed by atoms with Crippen LogP contribution in [0.3, 0.4) is 0 Å². The first-order chi connectivity index (χ1) is 10.9. The predicted octanol–water partition coefficient (Wildman–Crippen LogP) is 3.08. The number of carbonyl (C=O) groups excluding carboxylic acids is 2. The van der Waals surface area contributed by atoms with Gasteiger partial charge in [0.15, 0.2) is 5.92 Å². The van der Waals surface area contributed by atoms with Crippen molar-refractivity contribution in [2.75, 3.05) is 20.8 Å². The van der Waals surface area contributed by atoms with Crippen molar-refractivity contribution in [3.05, 3.63) is 40.4 Å². The van der Waals surface area contributed by atoms with Crippen molar-refractivity contribution in [1.82, 2.24) is 0 Å². The van der Waals surface area contributed by atoms with E-state index in [1.54, 1.807) is 0 Å². The molecule has 1 aromatic rings. The molecule has 0 unspecified atom stereocenters. The zero-order valence-corrected chi connectivity index (χ0v) is 14.9. The maximum absolute atomic E-state index is 12.3. The minimum atomic E-state index is -1.07. The number of carbonyl (C=O) groups is 2. The van der Waals surface area contributed by atoms with Gasteiger partial charge in [-0.1, -0.05) is 28.1 Å². The molecular weight excluding hydrogens is 364 g/mol. The van der Waals surface area contributed by atoms with Crippen LogP contribution in [0.25, 0.3) is 0 Å². The van der Waals surface area contributed by atoms with Gasteiger partial charge in [-0.3, -0.25) is 9.59 Å². The van der Waals surface area contributed by atoms with E-state index < -0.39 is 23.8 Å². The topological polar surface area (TPSA) is 61.8 Å². The smallest absolute Gasteiger partial charge is 0.320 e. The maximum atomic E-state index is 12.3. The summed E-state index contributed by atoms with van der Waals surface area (Å²) in [7, 11) is 2.52. The second-order valence-electron chi connectivity index (χ2n) is 5.50. The van der Waals surface area contributed by atoms with Gasteiger partial charge >= 0.3 is 11.9 Å². The van der Waals surface area contributed by atoms with Gasteiger partial charge in [-0.15, -0.1) is 0 Å². The molecule has 1 heterocycles. The number of hydrogen-bond acceptors (Lipinski definition) is 5. The number of fused-ring (bicyclic) bond motifs is 1. The third-order valence-electron chi connectivity index (χ3n) is 4.09. The molecule has 5 nitrogen and oxygen atoms in total. The van der Waals surface area contributed by atoms with Gasteiger partial charge in [0, 0.05) is 21.9 Å². The Morgan fingerprint density at radius 1 is 1.30 bits per heavy atom. The van der Waals surface area contributed by atoms with Crippen LogP contribution in [0.5, 0.6) is 5.75 Å². The lowest BCUT2D eigenvalue weighted by Crippen LogP contribution is -2.40. The first-order valence-electron chi connectivity index (χ1n) is 7.14. The second-order valence-corrected chi connectivity index (χ2v) is 6.41. The SMILES string of the molecule is C=C(C)[C@@H]1COc2ccc(Br)cc2[C@H]1C(C(=O)OC)C(=O)OC. The van der Waals surface area contributed by atoms with Crippen LogP contribution < -0.4 is 4.74 Å².